The van der Waals surface area contributed by atoms with E-state index in [9.17, 15) is 14.0 Å². The van der Waals surface area contributed by atoms with E-state index in [4.69, 9.17) is 0 Å². The van der Waals surface area contributed by atoms with Crippen molar-refractivity contribution in [1.29, 1.82) is 0 Å². The third kappa shape index (κ3) is 5.70. The third-order valence-electron chi connectivity index (χ3n) is 3.31. The van der Waals surface area contributed by atoms with Crippen LogP contribution >= 0.6 is 11.8 Å². The molecule has 0 bridgehead atoms. The molecule has 2 rings (SSSR count). The monoisotopic (exact) mass is 346 g/mol. The highest BCUT2D eigenvalue weighted by Gasteiger charge is 2.15. The van der Waals surface area contributed by atoms with Crippen LogP contribution in [-0.2, 0) is 16.0 Å². The first-order valence-corrected chi connectivity index (χ1v) is 8.38. The van der Waals surface area contributed by atoms with Gasteiger partial charge < -0.3 is 0 Å². The molecule has 0 saturated carbocycles. The second kappa shape index (κ2) is 8.49. The highest BCUT2D eigenvalue weighted by molar-refractivity contribution is 8.00. The Bertz CT molecular complexity index is 702. The number of rotatable bonds is 5. The van der Waals surface area contributed by atoms with E-state index in [1.54, 1.807) is 6.92 Å². The normalized spacial score (nSPS) is 11.6. The zero-order valence-corrected chi connectivity index (χ0v) is 14.3. The number of amides is 2. The van der Waals surface area contributed by atoms with Gasteiger partial charge in [0.1, 0.15) is 5.82 Å². The van der Waals surface area contributed by atoms with Crippen LogP contribution in [0.1, 0.15) is 18.1 Å². The van der Waals surface area contributed by atoms with Gasteiger partial charge in [-0.05, 0) is 43.7 Å². The van der Waals surface area contributed by atoms with Gasteiger partial charge in [0.15, 0.2) is 0 Å². The Morgan fingerprint density at radius 2 is 1.67 bits per heavy atom. The van der Waals surface area contributed by atoms with Gasteiger partial charge in [0.05, 0.1) is 11.7 Å². The Hall–Kier alpha value is -2.34. The zero-order valence-electron chi connectivity index (χ0n) is 13.5. The van der Waals surface area contributed by atoms with Crippen LogP contribution in [-0.4, -0.2) is 17.1 Å². The molecule has 1 atom stereocenters. The first kappa shape index (κ1) is 18.0. The minimum Gasteiger partial charge on any atom is -0.273 e. The molecule has 0 radical (unpaired) electrons. The molecule has 6 heteroatoms. The molecule has 2 N–H and O–H groups in total. The van der Waals surface area contributed by atoms with E-state index in [1.807, 2.05) is 31.2 Å². The zero-order chi connectivity index (χ0) is 17.5. The summed E-state index contributed by atoms with van der Waals surface area (Å²) in [6, 6.07) is 13.5. The van der Waals surface area contributed by atoms with Crippen LogP contribution in [0.15, 0.2) is 53.4 Å². The maximum Gasteiger partial charge on any atom is 0.251 e. The molecule has 2 amide bonds. The summed E-state index contributed by atoms with van der Waals surface area (Å²) in [5, 5.41) is -0.348. The Balaban J connectivity index is 1.77. The van der Waals surface area contributed by atoms with Crippen molar-refractivity contribution in [3.05, 3.63) is 65.5 Å². The SMILES string of the molecule is Cc1ccc(S[C@@H](C)C(=O)NNC(=O)Cc2ccc(F)cc2)cc1. The molecule has 2 aromatic carbocycles. The van der Waals surface area contributed by atoms with Gasteiger partial charge in [-0.1, -0.05) is 29.8 Å². The summed E-state index contributed by atoms with van der Waals surface area (Å²) in [6.07, 6.45) is 0.0695. The Morgan fingerprint density at radius 1 is 1.04 bits per heavy atom. The van der Waals surface area contributed by atoms with Crippen molar-refractivity contribution in [2.75, 3.05) is 0 Å². The van der Waals surface area contributed by atoms with E-state index in [2.05, 4.69) is 10.9 Å². The van der Waals surface area contributed by atoms with Gasteiger partial charge >= 0.3 is 0 Å². The van der Waals surface area contributed by atoms with E-state index in [1.165, 1.54) is 36.0 Å². The largest absolute Gasteiger partial charge is 0.273 e. The summed E-state index contributed by atoms with van der Waals surface area (Å²) >= 11 is 1.41. The van der Waals surface area contributed by atoms with E-state index in [-0.39, 0.29) is 29.3 Å². The number of carbonyl (C=O) groups excluding carboxylic acids is 2. The van der Waals surface area contributed by atoms with E-state index < -0.39 is 0 Å². The van der Waals surface area contributed by atoms with Crippen molar-refractivity contribution in [3.8, 4) is 0 Å². The second-order valence-electron chi connectivity index (χ2n) is 5.41. The molecule has 0 heterocycles. The lowest BCUT2D eigenvalue weighted by Gasteiger charge is -2.13. The van der Waals surface area contributed by atoms with Crippen molar-refractivity contribution in [2.24, 2.45) is 0 Å². The molecule has 4 nitrogen and oxygen atoms in total. The number of carbonyl (C=O) groups is 2. The van der Waals surface area contributed by atoms with Gasteiger partial charge in [-0.3, -0.25) is 20.4 Å². The number of benzene rings is 2. The molecule has 0 saturated heterocycles. The number of thioether (sulfide) groups is 1. The molecule has 0 aromatic heterocycles. The van der Waals surface area contributed by atoms with Gasteiger partial charge in [0, 0.05) is 4.90 Å². The maximum absolute atomic E-state index is 12.8. The van der Waals surface area contributed by atoms with Gasteiger partial charge in [-0.2, -0.15) is 0 Å². The Kier molecular flexibility index (Phi) is 6.37. The second-order valence-corrected chi connectivity index (χ2v) is 6.83. The fourth-order valence-corrected chi connectivity index (χ4v) is 2.81. The van der Waals surface area contributed by atoms with Crippen LogP contribution < -0.4 is 10.9 Å². The van der Waals surface area contributed by atoms with Gasteiger partial charge in [0.2, 0.25) is 5.91 Å². The minimum atomic E-state index is -0.359. The van der Waals surface area contributed by atoms with E-state index in [0.717, 1.165) is 10.5 Å². The summed E-state index contributed by atoms with van der Waals surface area (Å²) in [4.78, 5) is 24.8. The molecule has 126 valence electrons. The summed E-state index contributed by atoms with van der Waals surface area (Å²) in [5.41, 5.74) is 6.62. The van der Waals surface area contributed by atoms with Gasteiger partial charge in [0.25, 0.3) is 5.91 Å². The van der Waals surface area contributed by atoms with Crippen molar-refractivity contribution in [3.63, 3.8) is 0 Å². The van der Waals surface area contributed by atoms with Crippen LogP contribution in [0.4, 0.5) is 4.39 Å². The average molecular weight is 346 g/mol. The highest BCUT2D eigenvalue weighted by Crippen LogP contribution is 2.23. The highest BCUT2D eigenvalue weighted by atomic mass is 32.2. The topological polar surface area (TPSA) is 58.2 Å². The van der Waals surface area contributed by atoms with E-state index >= 15 is 0 Å². The number of hydrogen-bond donors (Lipinski definition) is 2. The number of hydrazine groups is 1. The number of nitrogens with one attached hydrogen (secondary N) is 2. The molecule has 24 heavy (non-hydrogen) atoms. The van der Waals surface area contributed by atoms with Crippen molar-refractivity contribution < 1.29 is 14.0 Å². The molecule has 0 fully saturated rings. The Labute approximate surface area is 144 Å². The summed E-state index contributed by atoms with van der Waals surface area (Å²) in [6.45, 7) is 3.77. The van der Waals surface area contributed by atoms with Crippen molar-refractivity contribution in [2.45, 2.75) is 30.4 Å². The minimum absolute atomic E-state index is 0.0695. The molecule has 0 aliphatic heterocycles. The van der Waals surface area contributed by atoms with Gasteiger partial charge in [-0.15, -0.1) is 11.8 Å². The molecule has 0 spiro atoms. The van der Waals surface area contributed by atoms with Crippen LogP contribution in [0.2, 0.25) is 0 Å². The van der Waals surface area contributed by atoms with Crippen LogP contribution in [0.3, 0.4) is 0 Å². The summed E-state index contributed by atoms with van der Waals surface area (Å²) in [7, 11) is 0. The standard InChI is InChI=1S/C18H19FN2O2S/c1-12-3-9-16(10-4-12)24-13(2)18(23)21-20-17(22)11-14-5-7-15(19)8-6-14/h3-10,13H,11H2,1-2H3,(H,20,22)(H,21,23)/t13-/m0/s1. The van der Waals surface area contributed by atoms with Crippen LogP contribution in [0, 0.1) is 12.7 Å². The molecule has 0 unspecified atom stereocenters. The van der Waals surface area contributed by atoms with Crippen molar-refractivity contribution in [1.82, 2.24) is 10.9 Å². The first-order valence-electron chi connectivity index (χ1n) is 7.50. The van der Waals surface area contributed by atoms with Gasteiger partial charge in [-0.25, -0.2) is 4.39 Å². The lowest BCUT2D eigenvalue weighted by Crippen LogP contribution is -2.45. The van der Waals surface area contributed by atoms with E-state index in [0.29, 0.717) is 5.56 Å². The fourth-order valence-electron chi connectivity index (χ4n) is 1.94. The van der Waals surface area contributed by atoms with Crippen LogP contribution in [0.5, 0.6) is 0 Å². The summed E-state index contributed by atoms with van der Waals surface area (Å²) < 4.78 is 12.8. The molecular weight excluding hydrogens is 327 g/mol. The predicted molar refractivity (Wildman–Crippen MR) is 92.9 cm³/mol. The lowest BCUT2D eigenvalue weighted by atomic mass is 10.1. The maximum atomic E-state index is 12.8. The molecule has 0 aliphatic rings. The fraction of sp³-hybridized carbons (Fsp3) is 0.222. The quantitative estimate of drug-likeness (QED) is 0.646. The summed E-state index contributed by atoms with van der Waals surface area (Å²) in [5.74, 6) is -0.995. The lowest BCUT2D eigenvalue weighted by molar-refractivity contribution is -0.128. The third-order valence-corrected chi connectivity index (χ3v) is 4.42. The number of halogens is 1. The molecule has 2 aromatic rings. The Morgan fingerprint density at radius 3 is 2.29 bits per heavy atom. The van der Waals surface area contributed by atoms with Crippen LogP contribution in [0.25, 0.3) is 0 Å². The molecular formula is C18H19FN2O2S. The smallest absolute Gasteiger partial charge is 0.251 e. The predicted octanol–water partition coefficient (Wildman–Crippen LogP) is 3.00. The average Bonchev–Trinajstić information content (AvgIpc) is 2.57. The number of aryl methyl sites for hydroxylation is 1. The molecule has 0 aliphatic carbocycles. The first-order chi connectivity index (χ1) is 11.4. The van der Waals surface area contributed by atoms with Crippen molar-refractivity contribution >= 4 is 23.6 Å². The number of hydrogen-bond acceptors (Lipinski definition) is 3.